The van der Waals surface area contributed by atoms with Crippen LogP contribution < -0.4 is 10.6 Å². The average Bonchev–Trinajstić information content (AvgIpc) is 3.24. The molecule has 3 rings (SSSR count). The maximum Gasteiger partial charge on any atom is 0.341 e. The normalized spacial score (nSPS) is 10.7. The summed E-state index contributed by atoms with van der Waals surface area (Å²) >= 11 is 7.25. The van der Waals surface area contributed by atoms with Gasteiger partial charge in [0.05, 0.1) is 39.1 Å². The summed E-state index contributed by atoms with van der Waals surface area (Å²) in [7, 11) is 1.50. The summed E-state index contributed by atoms with van der Waals surface area (Å²) in [4.78, 5) is 37.9. The van der Waals surface area contributed by atoms with E-state index in [2.05, 4.69) is 15.7 Å². The molecule has 0 saturated heterocycles. The highest BCUT2D eigenvalue weighted by Crippen LogP contribution is 2.34. The van der Waals surface area contributed by atoms with Crippen LogP contribution in [0.5, 0.6) is 0 Å². The van der Waals surface area contributed by atoms with E-state index < -0.39 is 11.9 Å². The SMILES string of the molecule is CCOC(=O)c1c(NC(=O)c2ccc(-n3nc(C)c(Cl)c3C)cc2)sc(C(=O)NC)c1C. The van der Waals surface area contributed by atoms with E-state index in [0.29, 0.717) is 21.0 Å². The fourth-order valence-corrected chi connectivity index (χ4v) is 4.44. The monoisotopic (exact) mass is 474 g/mol. The molecule has 0 saturated carbocycles. The summed E-state index contributed by atoms with van der Waals surface area (Å²) in [5.41, 5.74) is 3.30. The van der Waals surface area contributed by atoms with Gasteiger partial charge in [0.15, 0.2) is 0 Å². The first-order valence-electron chi connectivity index (χ1n) is 9.85. The number of nitrogens with one attached hydrogen (secondary N) is 2. The summed E-state index contributed by atoms with van der Waals surface area (Å²) in [5, 5.41) is 10.5. The Hall–Kier alpha value is -3.17. The van der Waals surface area contributed by atoms with Crippen LogP contribution in [-0.2, 0) is 4.74 Å². The molecule has 0 aliphatic heterocycles. The summed E-state index contributed by atoms with van der Waals surface area (Å²) in [5.74, 6) is -1.35. The molecule has 3 aromatic rings. The Morgan fingerprint density at radius 1 is 1.12 bits per heavy atom. The lowest BCUT2D eigenvalue weighted by Crippen LogP contribution is -2.18. The number of aromatic nitrogens is 2. The molecule has 168 valence electrons. The smallest absolute Gasteiger partial charge is 0.341 e. The zero-order chi connectivity index (χ0) is 23.6. The van der Waals surface area contributed by atoms with Gasteiger partial charge in [-0.15, -0.1) is 11.3 Å². The van der Waals surface area contributed by atoms with Crippen LogP contribution >= 0.6 is 22.9 Å². The number of carbonyl (C=O) groups excluding carboxylic acids is 3. The number of hydrogen-bond donors (Lipinski definition) is 2. The minimum absolute atomic E-state index is 0.175. The van der Waals surface area contributed by atoms with Gasteiger partial charge < -0.3 is 15.4 Å². The minimum atomic E-state index is -0.594. The lowest BCUT2D eigenvalue weighted by atomic mass is 10.1. The molecular formula is C22H23ClN4O4S. The summed E-state index contributed by atoms with van der Waals surface area (Å²) in [6, 6.07) is 6.82. The van der Waals surface area contributed by atoms with Gasteiger partial charge >= 0.3 is 5.97 Å². The van der Waals surface area contributed by atoms with E-state index in [4.69, 9.17) is 16.3 Å². The molecule has 0 atom stereocenters. The lowest BCUT2D eigenvalue weighted by molar-refractivity contribution is 0.0527. The Balaban J connectivity index is 1.90. The van der Waals surface area contributed by atoms with Gasteiger partial charge in [-0.05, 0) is 57.5 Å². The quantitative estimate of drug-likeness (QED) is 0.518. The van der Waals surface area contributed by atoms with Crippen molar-refractivity contribution in [1.82, 2.24) is 15.1 Å². The van der Waals surface area contributed by atoms with Gasteiger partial charge in [-0.3, -0.25) is 9.59 Å². The first-order chi connectivity index (χ1) is 15.2. The number of hydrogen-bond acceptors (Lipinski definition) is 6. The van der Waals surface area contributed by atoms with Crippen LogP contribution in [0.2, 0.25) is 5.02 Å². The molecule has 32 heavy (non-hydrogen) atoms. The number of halogens is 1. The predicted molar refractivity (Wildman–Crippen MR) is 124 cm³/mol. The van der Waals surface area contributed by atoms with Crippen LogP contribution in [0.1, 0.15) is 54.3 Å². The van der Waals surface area contributed by atoms with Crippen molar-refractivity contribution in [1.29, 1.82) is 0 Å². The first kappa shape index (κ1) is 23.5. The van der Waals surface area contributed by atoms with Crippen molar-refractivity contribution in [2.45, 2.75) is 27.7 Å². The highest BCUT2D eigenvalue weighted by Gasteiger charge is 2.26. The fourth-order valence-electron chi connectivity index (χ4n) is 3.19. The molecule has 2 heterocycles. The standard InChI is InChI=1S/C22H23ClN4O4S/c1-6-31-22(30)16-11(2)18(20(29)24-5)32-21(16)25-19(28)14-7-9-15(10-8-14)27-13(4)17(23)12(3)26-27/h7-10H,6H2,1-5H3,(H,24,29)(H,25,28). The second-order valence-corrected chi connectivity index (χ2v) is 8.36. The van der Waals surface area contributed by atoms with Crippen LogP contribution in [0, 0.1) is 20.8 Å². The van der Waals surface area contributed by atoms with E-state index in [-0.39, 0.29) is 23.1 Å². The van der Waals surface area contributed by atoms with Gasteiger partial charge in [0.2, 0.25) is 0 Å². The van der Waals surface area contributed by atoms with E-state index in [0.717, 1.165) is 28.4 Å². The molecule has 2 amide bonds. The van der Waals surface area contributed by atoms with Crippen molar-refractivity contribution in [3.05, 3.63) is 62.2 Å². The predicted octanol–water partition coefficient (Wildman–Crippen LogP) is 4.30. The van der Waals surface area contributed by atoms with Gasteiger partial charge in [0.25, 0.3) is 11.8 Å². The van der Waals surface area contributed by atoms with Crippen LogP contribution in [0.25, 0.3) is 5.69 Å². The van der Waals surface area contributed by atoms with Crippen LogP contribution in [0.3, 0.4) is 0 Å². The number of anilines is 1. The number of amides is 2. The minimum Gasteiger partial charge on any atom is -0.462 e. The van der Waals surface area contributed by atoms with Crippen molar-refractivity contribution in [3.8, 4) is 5.69 Å². The van der Waals surface area contributed by atoms with Crippen molar-refractivity contribution in [2.75, 3.05) is 19.0 Å². The van der Waals surface area contributed by atoms with Gasteiger partial charge in [-0.1, -0.05) is 11.6 Å². The maximum absolute atomic E-state index is 12.9. The molecule has 0 fully saturated rings. The van der Waals surface area contributed by atoms with E-state index in [1.54, 1.807) is 42.8 Å². The summed E-state index contributed by atoms with van der Waals surface area (Å²) in [6.07, 6.45) is 0. The Bertz CT molecular complexity index is 1200. The van der Waals surface area contributed by atoms with Crippen LogP contribution in [0.4, 0.5) is 5.00 Å². The molecule has 8 nitrogen and oxygen atoms in total. The van der Waals surface area contributed by atoms with Crippen molar-refractivity contribution in [2.24, 2.45) is 0 Å². The molecule has 10 heteroatoms. The third-order valence-corrected chi connectivity index (χ3v) is 6.62. The highest BCUT2D eigenvalue weighted by atomic mass is 35.5. The Kier molecular flexibility index (Phi) is 7.00. The van der Waals surface area contributed by atoms with Crippen molar-refractivity contribution >= 4 is 45.7 Å². The molecule has 0 bridgehead atoms. The molecule has 2 aromatic heterocycles. The third kappa shape index (κ3) is 4.39. The lowest BCUT2D eigenvalue weighted by Gasteiger charge is -2.08. The van der Waals surface area contributed by atoms with Crippen molar-refractivity contribution < 1.29 is 19.1 Å². The largest absolute Gasteiger partial charge is 0.462 e. The third-order valence-electron chi connectivity index (χ3n) is 4.86. The number of benzene rings is 1. The van der Waals surface area contributed by atoms with Crippen LogP contribution in [-0.4, -0.2) is 41.2 Å². The molecule has 0 spiro atoms. The molecule has 0 aliphatic rings. The van der Waals surface area contributed by atoms with Crippen molar-refractivity contribution in [3.63, 3.8) is 0 Å². The van der Waals surface area contributed by atoms with Gasteiger partial charge in [-0.2, -0.15) is 5.10 Å². The molecule has 0 radical (unpaired) electrons. The zero-order valence-corrected chi connectivity index (χ0v) is 19.9. The second-order valence-electron chi connectivity index (χ2n) is 6.96. The molecule has 2 N–H and O–H groups in total. The number of aryl methyl sites for hydroxylation is 1. The number of rotatable bonds is 6. The molecule has 0 unspecified atom stereocenters. The first-order valence-corrected chi connectivity index (χ1v) is 11.0. The van der Waals surface area contributed by atoms with Gasteiger partial charge in [0, 0.05) is 12.6 Å². The van der Waals surface area contributed by atoms with Gasteiger partial charge in [-0.25, -0.2) is 9.48 Å². The highest BCUT2D eigenvalue weighted by molar-refractivity contribution is 7.18. The molecular weight excluding hydrogens is 452 g/mol. The topological polar surface area (TPSA) is 102 Å². The van der Waals surface area contributed by atoms with E-state index in [1.165, 1.54) is 7.05 Å². The fraction of sp³-hybridized carbons (Fsp3) is 0.273. The number of esters is 1. The number of carbonyl (C=O) groups is 3. The van der Waals surface area contributed by atoms with E-state index in [9.17, 15) is 14.4 Å². The number of nitrogens with zero attached hydrogens (tertiary/aromatic N) is 2. The zero-order valence-electron chi connectivity index (χ0n) is 18.3. The van der Waals surface area contributed by atoms with Crippen LogP contribution in [0.15, 0.2) is 24.3 Å². The summed E-state index contributed by atoms with van der Waals surface area (Å²) in [6.45, 7) is 7.20. The Labute approximate surface area is 194 Å². The molecule has 1 aromatic carbocycles. The Morgan fingerprint density at radius 3 is 2.31 bits per heavy atom. The average molecular weight is 475 g/mol. The van der Waals surface area contributed by atoms with Gasteiger partial charge in [0.1, 0.15) is 5.00 Å². The Morgan fingerprint density at radius 2 is 1.78 bits per heavy atom. The maximum atomic E-state index is 12.9. The second kappa shape index (κ2) is 9.54. The number of thiophene rings is 1. The molecule has 0 aliphatic carbocycles. The summed E-state index contributed by atoms with van der Waals surface area (Å²) < 4.78 is 6.82. The van der Waals surface area contributed by atoms with E-state index >= 15 is 0 Å². The number of ether oxygens (including phenoxy) is 1. The van der Waals surface area contributed by atoms with E-state index in [1.807, 2.05) is 13.8 Å².